The number of hydrogen-bond acceptors (Lipinski definition) is 4. The predicted octanol–water partition coefficient (Wildman–Crippen LogP) is 10.1. The molecule has 2 aromatic carbocycles. The average Bonchev–Trinajstić information content (AvgIpc) is 3.51. The third-order valence-electron chi connectivity index (χ3n) is 9.49. The normalized spacial score (nSPS) is 20.2. The van der Waals surface area contributed by atoms with Crippen LogP contribution in [0.25, 0.3) is 0 Å². The van der Waals surface area contributed by atoms with Crippen molar-refractivity contribution in [3.63, 3.8) is 0 Å². The Kier molecular flexibility index (Phi) is 9.05. The fourth-order valence-electron chi connectivity index (χ4n) is 5.88. The van der Waals surface area contributed by atoms with Crippen LogP contribution in [0.15, 0.2) is 46.4 Å². The molecule has 4 heteroatoms. The van der Waals surface area contributed by atoms with Gasteiger partial charge in [-0.1, -0.05) is 123 Å². The van der Waals surface area contributed by atoms with E-state index >= 15 is 0 Å². The number of benzene rings is 2. The number of rotatable bonds is 5. The molecule has 4 rings (SSSR count). The number of nitrogens with zero attached hydrogens (tertiary/aromatic N) is 4. The number of aliphatic imine (C=N–C) groups is 2. The first-order valence-corrected chi connectivity index (χ1v) is 17.0. The van der Waals surface area contributed by atoms with Crippen molar-refractivity contribution in [2.75, 3.05) is 22.9 Å². The summed E-state index contributed by atoms with van der Waals surface area (Å²) in [5.41, 5.74) is 8.10. The zero-order chi connectivity index (χ0) is 33.2. The smallest absolute Gasteiger partial charge is 0.172 e. The molecule has 0 bridgehead atoms. The summed E-state index contributed by atoms with van der Waals surface area (Å²) in [4.78, 5) is 16.0. The van der Waals surface area contributed by atoms with E-state index in [9.17, 15) is 0 Å². The molecule has 44 heavy (non-hydrogen) atoms. The van der Waals surface area contributed by atoms with E-state index in [0.29, 0.717) is 11.8 Å². The van der Waals surface area contributed by atoms with Gasteiger partial charge in [-0.05, 0) is 80.0 Å². The first kappa shape index (κ1) is 34.3. The molecule has 0 fully saturated rings. The molecule has 0 aliphatic carbocycles. The molecule has 2 atom stereocenters. The molecule has 242 valence electrons. The number of hydrogen-bond donors (Lipinski definition) is 0. The molecule has 2 aliphatic heterocycles. The maximum absolute atomic E-state index is 5.49. The second kappa shape index (κ2) is 11.6. The third kappa shape index (κ3) is 7.26. The fourth-order valence-corrected chi connectivity index (χ4v) is 5.88. The Balaban J connectivity index is 1.93. The van der Waals surface area contributed by atoms with Crippen LogP contribution in [0.2, 0.25) is 0 Å². The van der Waals surface area contributed by atoms with Gasteiger partial charge in [-0.15, -0.1) is 0 Å². The van der Waals surface area contributed by atoms with Gasteiger partial charge in [0.2, 0.25) is 0 Å². The first-order valence-electron chi connectivity index (χ1n) is 17.0. The zero-order valence-corrected chi connectivity index (χ0v) is 31.0. The van der Waals surface area contributed by atoms with E-state index in [1.807, 2.05) is 0 Å². The van der Waals surface area contributed by atoms with Crippen LogP contribution in [0.4, 0.5) is 11.4 Å². The summed E-state index contributed by atoms with van der Waals surface area (Å²) < 4.78 is 0. The quantitative estimate of drug-likeness (QED) is 0.343. The molecule has 4 nitrogen and oxygen atoms in total. The van der Waals surface area contributed by atoms with Crippen molar-refractivity contribution in [1.29, 1.82) is 0 Å². The minimum atomic E-state index is 0.0426. The molecule has 0 N–H and O–H groups in total. The largest absolute Gasteiger partial charge is 0.321 e. The topological polar surface area (TPSA) is 31.2 Å². The monoisotopic (exact) mass is 598 g/mol. The van der Waals surface area contributed by atoms with E-state index < -0.39 is 0 Å². The molecule has 2 aromatic rings. The van der Waals surface area contributed by atoms with E-state index in [1.165, 1.54) is 33.6 Å². The highest BCUT2D eigenvalue weighted by Gasteiger charge is 2.39. The Hall–Kier alpha value is -2.62. The van der Waals surface area contributed by atoms with Crippen LogP contribution in [-0.2, 0) is 21.7 Å². The lowest BCUT2D eigenvalue weighted by Gasteiger charge is -2.32. The summed E-state index contributed by atoms with van der Waals surface area (Å²) in [7, 11) is 0. The number of anilines is 2. The van der Waals surface area contributed by atoms with E-state index in [4.69, 9.17) is 9.98 Å². The van der Waals surface area contributed by atoms with Crippen molar-refractivity contribution in [1.82, 2.24) is 0 Å². The molecule has 0 amide bonds. The van der Waals surface area contributed by atoms with Crippen LogP contribution in [0.5, 0.6) is 0 Å². The van der Waals surface area contributed by atoms with E-state index in [0.717, 1.165) is 24.8 Å². The predicted molar refractivity (Wildman–Crippen MR) is 194 cm³/mol. The maximum Gasteiger partial charge on any atom is 0.172 e. The molecular formula is C40H62N4. The van der Waals surface area contributed by atoms with Gasteiger partial charge in [-0.2, -0.15) is 0 Å². The Bertz CT molecular complexity index is 1240. The highest BCUT2D eigenvalue weighted by molar-refractivity contribution is 6.50. The summed E-state index contributed by atoms with van der Waals surface area (Å²) in [5, 5.41) is 0. The summed E-state index contributed by atoms with van der Waals surface area (Å²) in [5.74, 6) is 2.93. The Morgan fingerprint density at radius 1 is 0.477 bits per heavy atom. The molecule has 0 radical (unpaired) electrons. The summed E-state index contributed by atoms with van der Waals surface area (Å²) in [6, 6.07) is 14.9. The summed E-state index contributed by atoms with van der Waals surface area (Å²) in [6.45, 7) is 38.8. The second-order valence-corrected chi connectivity index (χ2v) is 18.3. The molecule has 0 spiro atoms. The Morgan fingerprint density at radius 3 is 0.932 bits per heavy atom. The van der Waals surface area contributed by atoms with Gasteiger partial charge in [0.15, 0.2) is 11.7 Å². The lowest BCUT2D eigenvalue weighted by Crippen LogP contribution is -2.43. The Labute approximate surface area is 270 Å². The minimum absolute atomic E-state index is 0.0426. The minimum Gasteiger partial charge on any atom is -0.321 e. The molecule has 0 saturated heterocycles. The van der Waals surface area contributed by atoms with Crippen LogP contribution in [-0.4, -0.2) is 36.8 Å². The van der Waals surface area contributed by atoms with Crippen molar-refractivity contribution in [2.24, 2.45) is 21.8 Å². The van der Waals surface area contributed by atoms with Crippen LogP contribution in [0.3, 0.4) is 0 Å². The van der Waals surface area contributed by atoms with Crippen LogP contribution < -0.4 is 9.80 Å². The maximum atomic E-state index is 5.49. The third-order valence-corrected chi connectivity index (χ3v) is 9.49. The van der Waals surface area contributed by atoms with Gasteiger partial charge in [0, 0.05) is 24.5 Å². The Morgan fingerprint density at radius 2 is 0.727 bits per heavy atom. The van der Waals surface area contributed by atoms with Crippen LogP contribution >= 0.6 is 0 Å². The van der Waals surface area contributed by atoms with E-state index in [1.54, 1.807) is 0 Å². The SMILES string of the molecule is CC(C)[C@H]1CN(c2cc(C(C)(C)C)cc(C(C)(C)C)c2)C(C2=N[C@@H](C(C)C)CN2c2cc(C(C)(C)C)cc(C(C)(C)C)c2)=N1. The summed E-state index contributed by atoms with van der Waals surface area (Å²) >= 11 is 0. The highest BCUT2D eigenvalue weighted by atomic mass is 15.4. The van der Waals surface area contributed by atoms with Gasteiger partial charge >= 0.3 is 0 Å². The van der Waals surface area contributed by atoms with E-state index in [-0.39, 0.29) is 33.7 Å². The van der Waals surface area contributed by atoms with Crippen molar-refractivity contribution in [2.45, 2.75) is 145 Å². The first-order chi connectivity index (χ1) is 20.0. The lowest BCUT2D eigenvalue weighted by molar-refractivity contribution is 0.520. The van der Waals surface area contributed by atoms with Gasteiger partial charge < -0.3 is 9.80 Å². The standard InChI is InChI=1S/C40H62N4/c1-25(2)33-23-43(31-19-27(37(5,6)7)17-28(20-31)38(8,9)10)35(41-33)36-42-34(26(3)4)24-44(36)32-21-29(39(11,12)13)18-30(22-32)40(14,15)16/h17-22,25-26,33-34H,23-24H2,1-16H3/t33-,34-/m1/s1. The van der Waals surface area contributed by atoms with Gasteiger partial charge in [0.1, 0.15) is 0 Å². The second-order valence-electron chi connectivity index (χ2n) is 18.3. The van der Waals surface area contributed by atoms with Gasteiger partial charge in [0.25, 0.3) is 0 Å². The molecule has 0 saturated carbocycles. The van der Waals surface area contributed by atoms with E-state index in [2.05, 4.69) is 157 Å². The molecule has 2 heterocycles. The van der Waals surface area contributed by atoms with Crippen molar-refractivity contribution in [3.8, 4) is 0 Å². The highest BCUT2D eigenvalue weighted by Crippen LogP contribution is 2.38. The zero-order valence-electron chi connectivity index (χ0n) is 31.0. The molecule has 0 aromatic heterocycles. The van der Waals surface area contributed by atoms with Crippen molar-refractivity contribution < 1.29 is 0 Å². The average molecular weight is 599 g/mol. The summed E-state index contributed by atoms with van der Waals surface area (Å²) in [6.07, 6.45) is 0. The lowest BCUT2D eigenvalue weighted by atomic mass is 9.80. The molecule has 0 unspecified atom stereocenters. The van der Waals surface area contributed by atoms with Gasteiger partial charge in [0.05, 0.1) is 12.1 Å². The molecular weight excluding hydrogens is 536 g/mol. The molecule has 2 aliphatic rings. The van der Waals surface area contributed by atoms with Crippen molar-refractivity contribution >= 4 is 23.0 Å². The van der Waals surface area contributed by atoms with Gasteiger partial charge in [-0.25, -0.2) is 0 Å². The van der Waals surface area contributed by atoms with Gasteiger partial charge in [-0.3, -0.25) is 9.98 Å². The van der Waals surface area contributed by atoms with Crippen molar-refractivity contribution in [3.05, 3.63) is 58.7 Å². The van der Waals surface area contributed by atoms with Crippen LogP contribution in [0, 0.1) is 11.8 Å². The van der Waals surface area contributed by atoms with Crippen LogP contribution in [0.1, 0.15) is 133 Å². The number of amidine groups is 2. The fraction of sp³-hybridized carbons (Fsp3) is 0.650.